The molecule has 4 nitrogen and oxygen atoms in total. The van der Waals surface area contributed by atoms with Crippen molar-refractivity contribution in [1.29, 1.82) is 0 Å². The molecule has 0 aromatic heterocycles. The summed E-state index contributed by atoms with van der Waals surface area (Å²) < 4.78 is 19.9. The third kappa shape index (κ3) is 3.24. The summed E-state index contributed by atoms with van der Waals surface area (Å²) in [6.07, 6.45) is 2.62. The van der Waals surface area contributed by atoms with Crippen molar-refractivity contribution in [3.8, 4) is 0 Å². The Morgan fingerprint density at radius 3 is 2.81 bits per heavy atom. The van der Waals surface area contributed by atoms with E-state index < -0.39 is 0 Å². The number of carbonyl (C=O) groups excluding carboxylic acids is 1. The molecule has 1 atom stereocenters. The van der Waals surface area contributed by atoms with Gasteiger partial charge >= 0.3 is 0 Å². The Morgan fingerprint density at radius 1 is 1.29 bits per heavy atom. The van der Waals surface area contributed by atoms with Crippen LogP contribution in [0.2, 0.25) is 0 Å². The molecule has 0 aliphatic carbocycles. The van der Waals surface area contributed by atoms with E-state index in [1.54, 1.807) is 18.2 Å². The quantitative estimate of drug-likeness (QED) is 0.893. The molecular formula is C16H21FN2O2. The van der Waals surface area contributed by atoms with Crippen LogP contribution in [0.5, 0.6) is 0 Å². The highest BCUT2D eigenvalue weighted by Crippen LogP contribution is 2.28. The van der Waals surface area contributed by atoms with E-state index in [9.17, 15) is 9.18 Å². The number of benzene rings is 1. The van der Waals surface area contributed by atoms with E-state index in [-0.39, 0.29) is 29.2 Å². The van der Waals surface area contributed by atoms with Crippen molar-refractivity contribution in [1.82, 2.24) is 10.6 Å². The van der Waals surface area contributed by atoms with Gasteiger partial charge in [0.1, 0.15) is 5.82 Å². The Kier molecular flexibility index (Phi) is 4.51. The molecule has 1 unspecified atom stereocenters. The summed E-state index contributed by atoms with van der Waals surface area (Å²) in [5.41, 5.74) is 0.824. The first-order chi connectivity index (χ1) is 10.3. The van der Waals surface area contributed by atoms with Crippen LogP contribution in [0.15, 0.2) is 18.2 Å². The Hall–Kier alpha value is -1.46. The van der Waals surface area contributed by atoms with Crippen LogP contribution in [0.3, 0.4) is 0 Å². The van der Waals surface area contributed by atoms with Crippen LogP contribution in [0.1, 0.15) is 41.1 Å². The molecule has 21 heavy (non-hydrogen) atoms. The predicted molar refractivity (Wildman–Crippen MR) is 77.9 cm³/mol. The molecule has 2 aliphatic heterocycles. The molecule has 2 heterocycles. The van der Waals surface area contributed by atoms with Crippen LogP contribution < -0.4 is 10.6 Å². The molecule has 1 aromatic carbocycles. The number of ether oxygens (including phenoxy) is 1. The summed E-state index contributed by atoms with van der Waals surface area (Å²) >= 11 is 0. The largest absolute Gasteiger partial charge is 0.379 e. The molecule has 114 valence electrons. The minimum atomic E-state index is -0.360. The predicted octanol–water partition coefficient (Wildman–Crippen LogP) is 1.81. The highest BCUT2D eigenvalue weighted by molar-refractivity contribution is 5.94. The van der Waals surface area contributed by atoms with E-state index >= 15 is 0 Å². The minimum absolute atomic E-state index is 0.000522. The van der Waals surface area contributed by atoms with Crippen LogP contribution in [0, 0.1) is 5.82 Å². The van der Waals surface area contributed by atoms with Gasteiger partial charge in [0.05, 0.1) is 18.2 Å². The van der Waals surface area contributed by atoms with Crippen LogP contribution in [-0.4, -0.2) is 38.3 Å². The number of carbonyl (C=O) groups is 1. The number of hydrogen-bond acceptors (Lipinski definition) is 3. The topological polar surface area (TPSA) is 50.4 Å². The zero-order chi connectivity index (χ0) is 14.7. The molecule has 0 saturated carbocycles. The summed E-state index contributed by atoms with van der Waals surface area (Å²) in [6, 6.07) is 5.14. The molecule has 0 bridgehead atoms. The molecular weight excluding hydrogens is 271 g/mol. The Bertz CT molecular complexity index is 509. The van der Waals surface area contributed by atoms with E-state index in [0.717, 1.165) is 32.4 Å². The molecule has 0 spiro atoms. The number of hydrogen-bond donors (Lipinski definition) is 2. The van der Waals surface area contributed by atoms with Crippen LogP contribution in [0.25, 0.3) is 0 Å². The van der Waals surface area contributed by atoms with Crippen LogP contribution in [0.4, 0.5) is 4.39 Å². The first-order valence-corrected chi connectivity index (χ1v) is 7.63. The lowest BCUT2D eigenvalue weighted by Crippen LogP contribution is -2.35. The van der Waals surface area contributed by atoms with Crippen molar-refractivity contribution < 1.29 is 13.9 Å². The second kappa shape index (κ2) is 6.54. The first kappa shape index (κ1) is 14.5. The summed E-state index contributed by atoms with van der Waals surface area (Å²) in [6.45, 7) is 2.98. The van der Waals surface area contributed by atoms with E-state index in [4.69, 9.17) is 4.74 Å². The molecule has 1 aromatic rings. The summed E-state index contributed by atoms with van der Waals surface area (Å²) in [5, 5.41) is 6.12. The molecule has 3 rings (SSSR count). The van der Waals surface area contributed by atoms with Crippen molar-refractivity contribution in [3.05, 3.63) is 35.1 Å². The number of halogens is 1. The lowest BCUT2D eigenvalue weighted by molar-refractivity contribution is 0.0925. The van der Waals surface area contributed by atoms with Gasteiger partial charge in [0.15, 0.2) is 0 Å². The van der Waals surface area contributed by atoms with Gasteiger partial charge in [-0.2, -0.15) is 0 Å². The Morgan fingerprint density at radius 2 is 2.10 bits per heavy atom. The average molecular weight is 292 g/mol. The van der Waals surface area contributed by atoms with Crippen molar-refractivity contribution in [2.75, 3.05) is 26.3 Å². The Balaban J connectivity index is 1.76. The molecule has 2 fully saturated rings. The zero-order valence-corrected chi connectivity index (χ0v) is 12.0. The fraction of sp³-hybridized carbons (Fsp3) is 0.562. The van der Waals surface area contributed by atoms with E-state index in [1.807, 2.05) is 0 Å². The van der Waals surface area contributed by atoms with Gasteiger partial charge in [0.25, 0.3) is 5.91 Å². The number of amides is 1. The van der Waals surface area contributed by atoms with Crippen molar-refractivity contribution in [2.24, 2.45) is 0 Å². The maximum absolute atomic E-state index is 14.7. The lowest BCUT2D eigenvalue weighted by atomic mass is 9.88. The normalized spacial score (nSPS) is 23.2. The van der Waals surface area contributed by atoms with Crippen molar-refractivity contribution in [3.63, 3.8) is 0 Å². The standard InChI is InChI=1S/C16H21FN2O2/c17-15-13(11-4-7-18-8-5-11)2-1-3-14(15)16(20)19-12-6-9-21-10-12/h1-3,11-12,18H,4-10H2,(H,19,20). The zero-order valence-electron chi connectivity index (χ0n) is 12.0. The first-order valence-electron chi connectivity index (χ1n) is 7.63. The van der Waals surface area contributed by atoms with Gasteiger partial charge in [-0.25, -0.2) is 4.39 Å². The maximum Gasteiger partial charge on any atom is 0.254 e. The van der Waals surface area contributed by atoms with Crippen molar-refractivity contribution in [2.45, 2.75) is 31.2 Å². The maximum atomic E-state index is 14.7. The number of piperidine rings is 1. The van der Waals surface area contributed by atoms with Crippen LogP contribution >= 0.6 is 0 Å². The lowest BCUT2D eigenvalue weighted by Gasteiger charge is -2.24. The highest BCUT2D eigenvalue weighted by Gasteiger charge is 2.24. The molecule has 2 aliphatic rings. The number of nitrogens with one attached hydrogen (secondary N) is 2. The van der Waals surface area contributed by atoms with E-state index in [0.29, 0.717) is 18.8 Å². The van der Waals surface area contributed by atoms with E-state index in [1.165, 1.54) is 0 Å². The fourth-order valence-corrected chi connectivity index (χ4v) is 3.08. The van der Waals surface area contributed by atoms with E-state index in [2.05, 4.69) is 10.6 Å². The summed E-state index contributed by atoms with van der Waals surface area (Å²) in [4.78, 5) is 12.2. The summed E-state index contributed by atoms with van der Waals surface area (Å²) in [7, 11) is 0. The second-order valence-corrected chi connectivity index (χ2v) is 5.77. The SMILES string of the molecule is O=C(NC1CCOC1)c1cccc(C2CCNCC2)c1F. The molecule has 0 radical (unpaired) electrons. The minimum Gasteiger partial charge on any atom is -0.379 e. The fourth-order valence-electron chi connectivity index (χ4n) is 3.08. The monoisotopic (exact) mass is 292 g/mol. The van der Waals surface area contributed by atoms with Gasteiger partial charge in [-0.3, -0.25) is 4.79 Å². The molecule has 1 amide bonds. The van der Waals surface area contributed by atoms with Crippen molar-refractivity contribution >= 4 is 5.91 Å². The highest BCUT2D eigenvalue weighted by atomic mass is 19.1. The third-order valence-electron chi connectivity index (χ3n) is 4.32. The number of rotatable bonds is 3. The van der Waals surface area contributed by atoms with Gasteiger partial charge in [0.2, 0.25) is 0 Å². The van der Waals surface area contributed by atoms with Gasteiger partial charge < -0.3 is 15.4 Å². The van der Waals surface area contributed by atoms with Crippen LogP contribution in [-0.2, 0) is 4.74 Å². The second-order valence-electron chi connectivity index (χ2n) is 5.77. The smallest absolute Gasteiger partial charge is 0.254 e. The third-order valence-corrected chi connectivity index (χ3v) is 4.32. The van der Waals surface area contributed by atoms with Gasteiger partial charge in [-0.05, 0) is 49.9 Å². The average Bonchev–Trinajstić information content (AvgIpc) is 3.01. The summed E-state index contributed by atoms with van der Waals surface area (Å²) in [5.74, 6) is -0.492. The van der Waals surface area contributed by atoms with Gasteiger partial charge in [0, 0.05) is 6.61 Å². The molecule has 2 N–H and O–H groups in total. The van der Waals surface area contributed by atoms with Gasteiger partial charge in [-0.1, -0.05) is 12.1 Å². The van der Waals surface area contributed by atoms with Gasteiger partial charge in [-0.15, -0.1) is 0 Å². The molecule has 5 heteroatoms. The Labute approximate surface area is 124 Å². The molecule has 2 saturated heterocycles.